The first kappa shape index (κ1) is 7.23. The van der Waals surface area contributed by atoms with Crippen LogP contribution in [0, 0.1) is 0 Å². The average Bonchev–Trinajstić information content (AvgIpc) is 2.49. The molecule has 0 atom stereocenters. The summed E-state index contributed by atoms with van der Waals surface area (Å²) in [4.78, 5) is 7.86. The van der Waals surface area contributed by atoms with E-state index >= 15 is 0 Å². The number of hydrogen-bond donors (Lipinski definition) is 1. The quantitative estimate of drug-likeness (QED) is 0.705. The van der Waals surface area contributed by atoms with Gasteiger partial charge in [0, 0.05) is 7.05 Å². The number of rotatable bonds is 1. The zero-order valence-corrected chi connectivity index (χ0v) is 6.83. The van der Waals surface area contributed by atoms with E-state index in [0.717, 1.165) is 0 Å². The fourth-order valence-corrected chi connectivity index (χ4v) is 0.994. The van der Waals surface area contributed by atoms with E-state index in [4.69, 9.17) is 11.6 Å². The third kappa shape index (κ3) is 0.964. The lowest BCUT2D eigenvalue weighted by Crippen LogP contribution is -1.95. The first-order valence-electron chi connectivity index (χ1n) is 3.15. The third-order valence-corrected chi connectivity index (χ3v) is 1.57. The molecular formula is C5H4ClN5O. The van der Waals surface area contributed by atoms with Crippen molar-refractivity contribution in [3.63, 3.8) is 0 Å². The largest absolute Gasteiger partial charge is 0.371 e. The van der Waals surface area contributed by atoms with Gasteiger partial charge in [-0.05, 0) is 10.3 Å². The molecule has 62 valence electrons. The topological polar surface area (TPSA) is 76.7 Å². The molecule has 0 radical (unpaired) electrons. The Kier molecular flexibility index (Phi) is 1.54. The Hall–Kier alpha value is -1.43. The summed E-state index contributed by atoms with van der Waals surface area (Å²) in [7, 11) is 1.69. The van der Waals surface area contributed by atoms with Crippen molar-refractivity contribution in [1.29, 1.82) is 0 Å². The van der Waals surface area contributed by atoms with Gasteiger partial charge in [-0.25, -0.2) is 14.6 Å². The fourth-order valence-electron chi connectivity index (χ4n) is 0.777. The number of fused-ring (bicyclic) bond motifs is 1. The molecular weight excluding hydrogens is 182 g/mol. The van der Waals surface area contributed by atoms with Gasteiger partial charge in [0.1, 0.15) is 0 Å². The first-order chi connectivity index (χ1) is 5.81. The summed E-state index contributed by atoms with van der Waals surface area (Å²) in [5.74, 6) is 0.458. The van der Waals surface area contributed by atoms with E-state index in [2.05, 4.69) is 30.2 Å². The van der Waals surface area contributed by atoms with Gasteiger partial charge in [0.05, 0.1) is 0 Å². The summed E-state index contributed by atoms with van der Waals surface area (Å²) in [6.07, 6.45) is 0. The van der Waals surface area contributed by atoms with Crippen molar-refractivity contribution in [2.45, 2.75) is 0 Å². The molecule has 0 spiro atoms. The van der Waals surface area contributed by atoms with Crippen molar-refractivity contribution < 1.29 is 4.63 Å². The van der Waals surface area contributed by atoms with Crippen molar-refractivity contribution in [3.8, 4) is 0 Å². The van der Waals surface area contributed by atoms with E-state index in [1.54, 1.807) is 7.05 Å². The van der Waals surface area contributed by atoms with Crippen LogP contribution < -0.4 is 5.32 Å². The second-order valence-electron chi connectivity index (χ2n) is 2.02. The van der Waals surface area contributed by atoms with E-state index < -0.39 is 0 Å². The highest BCUT2D eigenvalue weighted by Gasteiger charge is 2.08. The summed E-state index contributed by atoms with van der Waals surface area (Å²) < 4.78 is 4.41. The van der Waals surface area contributed by atoms with E-state index in [9.17, 15) is 0 Å². The lowest BCUT2D eigenvalue weighted by atomic mass is 10.6. The van der Waals surface area contributed by atoms with Crippen LogP contribution in [0.5, 0.6) is 0 Å². The molecule has 0 fully saturated rings. The Balaban J connectivity index is 2.73. The minimum Gasteiger partial charge on any atom is -0.371 e. The number of anilines is 1. The van der Waals surface area contributed by atoms with Gasteiger partial charge in [-0.2, -0.15) is 0 Å². The lowest BCUT2D eigenvalue weighted by Gasteiger charge is -1.97. The average molecular weight is 186 g/mol. The summed E-state index contributed by atoms with van der Waals surface area (Å²) >= 11 is 5.71. The SMILES string of the molecule is CNc1nc2nonc2nc1Cl. The molecule has 2 aromatic rings. The van der Waals surface area contributed by atoms with E-state index in [1.807, 2.05) is 0 Å². The zero-order valence-electron chi connectivity index (χ0n) is 6.08. The molecule has 2 aromatic heterocycles. The normalized spacial score (nSPS) is 10.5. The van der Waals surface area contributed by atoms with Crippen LogP contribution in [0.15, 0.2) is 4.63 Å². The number of halogens is 1. The fraction of sp³-hybridized carbons (Fsp3) is 0.200. The van der Waals surface area contributed by atoms with Crippen LogP contribution in [0.25, 0.3) is 11.3 Å². The van der Waals surface area contributed by atoms with Crippen molar-refractivity contribution in [2.75, 3.05) is 12.4 Å². The first-order valence-corrected chi connectivity index (χ1v) is 3.52. The Bertz CT molecular complexity index is 413. The van der Waals surface area contributed by atoms with Gasteiger partial charge in [-0.3, -0.25) is 0 Å². The molecule has 7 heteroatoms. The second-order valence-corrected chi connectivity index (χ2v) is 2.38. The highest BCUT2D eigenvalue weighted by molar-refractivity contribution is 6.32. The predicted octanol–water partition coefficient (Wildman–Crippen LogP) is 0.708. The smallest absolute Gasteiger partial charge is 0.245 e. The van der Waals surface area contributed by atoms with Crippen LogP contribution in [0.2, 0.25) is 5.15 Å². The second kappa shape index (κ2) is 2.56. The van der Waals surface area contributed by atoms with E-state index in [1.165, 1.54) is 0 Å². The van der Waals surface area contributed by atoms with Gasteiger partial charge in [0.25, 0.3) is 0 Å². The maximum absolute atomic E-state index is 5.71. The highest BCUT2D eigenvalue weighted by atomic mass is 35.5. The maximum atomic E-state index is 5.71. The van der Waals surface area contributed by atoms with Gasteiger partial charge in [-0.15, -0.1) is 0 Å². The Morgan fingerprint density at radius 2 is 1.92 bits per heavy atom. The molecule has 0 unspecified atom stereocenters. The minimum absolute atomic E-state index is 0.251. The Morgan fingerprint density at radius 1 is 1.25 bits per heavy atom. The lowest BCUT2D eigenvalue weighted by molar-refractivity contribution is 0.314. The number of hydrogen-bond acceptors (Lipinski definition) is 6. The monoisotopic (exact) mass is 185 g/mol. The molecule has 0 aliphatic rings. The van der Waals surface area contributed by atoms with Crippen molar-refractivity contribution in [1.82, 2.24) is 20.3 Å². The Labute approximate surface area is 71.9 Å². The summed E-state index contributed by atoms with van der Waals surface area (Å²) in [5, 5.41) is 10.0. The Morgan fingerprint density at radius 3 is 2.58 bits per heavy atom. The van der Waals surface area contributed by atoms with Crippen molar-refractivity contribution in [2.24, 2.45) is 0 Å². The molecule has 0 aliphatic carbocycles. The van der Waals surface area contributed by atoms with E-state index in [0.29, 0.717) is 17.1 Å². The van der Waals surface area contributed by atoms with Gasteiger partial charge in [0.2, 0.25) is 11.3 Å². The molecule has 1 N–H and O–H groups in total. The van der Waals surface area contributed by atoms with Gasteiger partial charge in [-0.1, -0.05) is 11.6 Å². The minimum atomic E-state index is 0.251. The summed E-state index contributed by atoms with van der Waals surface area (Å²) in [6.45, 7) is 0. The molecule has 0 aliphatic heterocycles. The number of nitrogens with zero attached hydrogens (tertiary/aromatic N) is 4. The van der Waals surface area contributed by atoms with Crippen molar-refractivity contribution in [3.05, 3.63) is 5.15 Å². The van der Waals surface area contributed by atoms with Crippen LogP contribution in [-0.4, -0.2) is 27.3 Å². The molecule has 0 aromatic carbocycles. The van der Waals surface area contributed by atoms with Crippen LogP contribution in [-0.2, 0) is 0 Å². The molecule has 12 heavy (non-hydrogen) atoms. The predicted molar refractivity (Wildman–Crippen MR) is 42.0 cm³/mol. The third-order valence-electron chi connectivity index (χ3n) is 1.31. The van der Waals surface area contributed by atoms with Crippen molar-refractivity contribution >= 4 is 28.7 Å². The molecule has 0 bridgehead atoms. The zero-order chi connectivity index (χ0) is 8.55. The number of aromatic nitrogens is 4. The molecule has 0 amide bonds. The molecule has 2 heterocycles. The molecule has 2 rings (SSSR count). The van der Waals surface area contributed by atoms with Crippen LogP contribution in [0.3, 0.4) is 0 Å². The molecule has 0 saturated carbocycles. The van der Waals surface area contributed by atoms with Crippen LogP contribution in [0.1, 0.15) is 0 Å². The summed E-state index contributed by atoms with van der Waals surface area (Å²) in [5.41, 5.74) is 0.641. The van der Waals surface area contributed by atoms with E-state index in [-0.39, 0.29) is 5.15 Å². The van der Waals surface area contributed by atoms with Gasteiger partial charge in [0.15, 0.2) is 11.0 Å². The maximum Gasteiger partial charge on any atom is 0.245 e. The van der Waals surface area contributed by atoms with Crippen LogP contribution in [0.4, 0.5) is 5.82 Å². The summed E-state index contributed by atoms with van der Waals surface area (Å²) in [6, 6.07) is 0. The van der Waals surface area contributed by atoms with Gasteiger partial charge < -0.3 is 5.32 Å². The van der Waals surface area contributed by atoms with Gasteiger partial charge >= 0.3 is 0 Å². The molecule has 6 nitrogen and oxygen atoms in total. The number of nitrogens with one attached hydrogen (secondary N) is 1. The van der Waals surface area contributed by atoms with Crippen LogP contribution >= 0.6 is 11.6 Å². The molecule has 0 saturated heterocycles. The highest BCUT2D eigenvalue weighted by Crippen LogP contribution is 2.17. The standard InChI is InChI=1S/C5H4ClN5O/c1-7-3-2(6)8-4-5(9-3)11-12-10-4/h1H3,(H,7,9,11).